The maximum atomic E-state index is 11.1. The molecule has 0 aliphatic heterocycles. The molecule has 0 heterocycles. The Labute approximate surface area is 150 Å². The van der Waals surface area contributed by atoms with Crippen molar-refractivity contribution in [3.05, 3.63) is 12.2 Å². The molecule has 0 saturated carbocycles. The van der Waals surface area contributed by atoms with Crippen molar-refractivity contribution in [2.45, 2.75) is 74.0 Å². The summed E-state index contributed by atoms with van der Waals surface area (Å²) in [4.78, 5) is 11.1. The zero-order valence-electron chi connectivity index (χ0n) is 13.6. The van der Waals surface area contributed by atoms with Crippen molar-refractivity contribution >= 4 is 48.1 Å². The smallest absolute Gasteiger partial charge is 0.333 e. The predicted octanol–water partition coefficient (Wildman–Crippen LogP) is 4.82. The Bertz CT molecular complexity index is 301. The van der Waals surface area contributed by atoms with Gasteiger partial charge in [0.2, 0.25) is 0 Å². The molecule has 0 unspecified atom stereocenters. The highest BCUT2D eigenvalue weighted by molar-refractivity contribution is 9.26. The van der Waals surface area contributed by atoms with Crippen molar-refractivity contribution in [2.75, 3.05) is 6.61 Å². The Morgan fingerprint density at radius 2 is 1.43 bits per heavy atom. The Kier molecular flexibility index (Phi) is 13.1. The molecule has 0 atom stereocenters. The van der Waals surface area contributed by atoms with E-state index in [1.165, 1.54) is 51.4 Å². The molecular formula is C16H30Br2O2Si. The standard InChI is InChI=1S/C16H30Br2O2Si/c1-14(2)15(19)20-13-11-9-7-5-3-4-6-8-10-12-16(17,18)21/h1,3-13H2,2,21H3. The minimum Gasteiger partial charge on any atom is -0.462 e. The highest BCUT2D eigenvalue weighted by atomic mass is 79.9. The second-order valence-corrected chi connectivity index (χ2v) is 15.1. The molecule has 124 valence electrons. The molecule has 0 aromatic rings. The minimum atomic E-state index is -0.263. The van der Waals surface area contributed by atoms with Crippen LogP contribution in [0, 0.1) is 0 Å². The molecule has 0 rings (SSSR count). The number of carbonyl (C=O) groups is 1. The van der Waals surface area contributed by atoms with E-state index in [2.05, 4.69) is 38.4 Å². The molecule has 0 aromatic carbocycles. The molecule has 0 aromatic heterocycles. The zero-order chi connectivity index (χ0) is 16.1. The molecule has 0 aliphatic rings. The molecule has 0 spiro atoms. The average Bonchev–Trinajstić information content (AvgIpc) is 2.38. The van der Waals surface area contributed by atoms with Gasteiger partial charge < -0.3 is 4.74 Å². The fourth-order valence-electron chi connectivity index (χ4n) is 2.06. The number of hydrogen-bond acceptors (Lipinski definition) is 2. The van der Waals surface area contributed by atoms with Crippen LogP contribution in [0.1, 0.15) is 71.1 Å². The third-order valence-corrected chi connectivity index (χ3v) is 4.63. The highest BCUT2D eigenvalue weighted by Gasteiger charge is 2.13. The average molecular weight is 442 g/mol. The maximum Gasteiger partial charge on any atom is 0.333 e. The first-order valence-electron chi connectivity index (χ1n) is 8.03. The molecule has 0 radical (unpaired) electrons. The molecule has 0 aliphatic carbocycles. The highest BCUT2D eigenvalue weighted by Crippen LogP contribution is 2.28. The van der Waals surface area contributed by atoms with Crippen LogP contribution in [-0.4, -0.2) is 25.7 Å². The van der Waals surface area contributed by atoms with Crippen molar-refractivity contribution in [2.24, 2.45) is 0 Å². The molecule has 0 amide bonds. The molecule has 0 saturated heterocycles. The number of hydrogen-bond donors (Lipinski definition) is 0. The van der Waals surface area contributed by atoms with Crippen molar-refractivity contribution in [3.8, 4) is 0 Å². The van der Waals surface area contributed by atoms with Crippen LogP contribution in [0.5, 0.6) is 0 Å². The van der Waals surface area contributed by atoms with Crippen LogP contribution in [-0.2, 0) is 9.53 Å². The van der Waals surface area contributed by atoms with E-state index in [1.807, 2.05) is 0 Å². The van der Waals surface area contributed by atoms with Crippen LogP contribution >= 0.6 is 31.9 Å². The largest absolute Gasteiger partial charge is 0.462 e. The van der Waals surface area contributed by atoms with E-state index in [9.17, 15) is 4.79 Å². The number of carbonyl (C=O) groups excluding carboxylic acids is 1. The van der Waals surface area contributed by atoms with Gasteiger partial charge in [0, 0.05) is 15.8 Å². The normalized spacial score (nSPS) is 11.6. The Balaban J connectivity index is 3.16. The third-order valence-electron chi connectivity index (χ3n) is 3.34. The van der Waals surface area contributed by atoms with Gasteiger partial charge in [0.25, 0.3) is 0 Å². The summed E-state index contributed by atoms with van der Waals surface area (Å²) in [6.45, 7) is 5.78. The first kappa shape index (κ1) is 21.4. The van der Waals surface area contributed by atoms with E-state index in [4.69, 9.17) is 4.74 Å². The lowest BCUT2D eigenvalue weighted by atomic mass is 10.1. The van der Waals surface area contributed by atoms with Crippen LogP contribution in [0.15, 0.2) is 12.2 Å². The molecule has 21 heavy (non-hydrogen) atoms. The summed E-state index contributed by atoms with van der Waals surface area (Å²) in [5, 5.41) is 0. The van der Waals surface area contributed by atoms with Crippen molar-refractivity contribution < 1.29 is 9.53 Å². The first-order chi connectivity index (χ1) is 9.83. The Morgan fingerprint density at radius 1 is 1.00 bits per heavy atom. The number of unbranched alkanes of at least 4 members (excludes halogenated alkanes) is 8. The van der Waals surface area contributed by atoms with Gasteiger partial charge in [0.15, 0.2) is 0 Å². The van der Waals surface area contributed by atoms with Crippen molar-refractivity contribution in [1.82, 2.24) is 0 Å². The van der Waals surface area contributed by atoms with Crippen LogP contribution in [0.2, 0.25) is 0 Å². The second-order valence-electron chi connectivity index (χ2n) is 5.92. The van der Waals surface area contributed by atoms with Gasteiger partial charge in [-0.1, -0.05) is 89.8 Å². The quantitative estimate of drug-likeness (QED) is 0.135. The lowest BCUT2D eigenvalue weighted by molar-refractivity contribution is -0.139. The lowest BCUT2D eigenvalue weighted by Gasteiger charge is -2.13. The number of halogens is 2. The fraction of sp³-hybridized carbons (Fsp3) is 0.812. The van der Waals surface area contributed by atoms with E-state index in [0.717, 1.165) is 23.1 Å². The summed E-state index contributed by atoms with van der Waals surface area (Å²) >= 11 is 7.32. The predicted molar refractivity (Wildman–Crippen MR) is 102 cm³/mol. The van der Waals surface area contributed by atoms with Gasteiger partial charge in [0.1, 0.15) is 0 Å². The minimum absolute atomic E-state index is 0.258. The number of rotatable bonds is 13. The topological polar surface area (TPSA) is 26.3 Å². The Morgan fingerprint density at radius 3 is 1.86 bits per heavy atom. The van der Waals surface area contributed by atoms with Crippen LogP contribution < -0.4 is 0 Å². The van der Waals surface area contributed by atoms with Crippen LogP contribution in [0.25, 0.3) is 0 Å². The van der Waals surface area contributed by atoms with Crippen LogP contribution in [0.3, 0.4) is 0 Å². The third kappa shape index (κ3) is 16.6. The van der Waals surface area contributed by atoms with E-state index in [0.29, 0.717) is 12.2 Å². The lowest BCUT2D eigenvalue weighted by Crippen LogP contribution is -2.09. The van der Waals surface area contributed by atoms with E-state index in [1.54, 1.807) is 6.92 Å². The maximum absolute atomic E-state index is 11.1. The zero-order valence-corrected chi connectivity index (χ0v) is 18.7. The summed E-state index contributed by atoms with van der Waals surface area (Å²) < 4.78 is 5.32. The molecule has 0 fully saturated rings. The SMILES string of the molecule is C=C(C)C(=O)OCCCCCCCCCCCC([SiH3])(Br)Br. The molecule has 5 heteroatoms. The molecule has 0 N–H and O–H groups in total. The summed E-state index contributed by atoms with van der Waals surface area (Å²) in [7, 11) is 1.14. The van der Waals surface area contributed by atoms with E-state index >= 15 is 0 Å². The van der Waals surface area contributed by atoms with E-state index < -0.39 is 0 Å². The van der Waals surface area contributed by atoms with Gasteiger partial charge >= 0.3 is 5.97 Å². The first-order valence-corrected chi connectivity index (χ1v) is 10.6. The summed E-state index contributed by atoms with van der Waals surface area (Å²) in [6.07, 6.45) is 12.6. The fourth-order valence-corrected chi connectivity index (χ4v) is 2.98. The van der Waals surface area contributed by atoms with Gasteiger partial charge in [-0.2, -0.15) is 0 Å². The van der Waals surface area contributed by atoms with Gasteiger partial charge in [-0.25, -0.2) is 4.79 Å². The van der Waals surface area contributed by atoms with Crippen LogP contribution in [0.4, 0.5) is 0 Å². The summed E-state index contributed by atoms with van der Waals surface area (Å²) in [5.74, 6) is -0.263. The van der Waals surface area contributed by atoms with Crippen molar-refractivity contribution in [3.63, 3.8) is 0 Å². The second kappa shape index (κ2) is 12.9. The monoisotopic (exact) mass is 440 g/mol. The molecule has 0 bridgehead atoms. The van der Waals surface area contributed by atoms with Gasteiger partial charge in [-0.3, -0.25) is 0 Å². The van der Waals surface area contributed by atoms with Gasteiger partial charge in [0.05, 0.1) is 9.46 Å². The van der Waals surface area contributed by atoms with Gasteiger partial charge in [-0.05, 0) is 19.8 Å². The number of ether oxygens (including phenoxy) is 1. The van der Waals surface area contributed by atoms with E-state index in [-0.39, 0.29) is 8.83 Å². The number of esters is 1. The molecular weight excluding hydrogens is 412 g/mol. The summed E-state index contributed by atoms with van der Waals surface area (Å²) in [5.41, 5.74) is 0.484. The number of alkyl halides is 2. The van der Waals surface area contributed by atoms with Gasteiger partial charge in [-0.15, -0.1) is 0 Å². The molecule has 2 nitrogen and oxygen atoms in total. The van der Waals surface area contributed by atoms with Crippen molar-refractivity contribution in [1.29, 1.82) is 0 Å². The summed E-state index contributed by atoms with van der Waals surface area (Å²) in [6, 6.07) is 0. The Hall–Kier alpha value is 0.387.